The maximum absolute atomic E-state index is 12.0. The van der Waals surface area contributed by atoms with Gasteiger partial charge < -0.3 is 5.32 Å². The predicted octanol–water partition coefficient (Wildman–Crippen LogP) is -0.360. The van der Waals surface area contributed by atoms with E-state index in [1.54, 1.807) is 6.92 Å². The normalized spacial score (nSPS) is 22.3. The van der Waals surface area contributed by atoms with Crippen molar-refractivity contribution in [3.05, 3.63) is 0 Å². The molecule has 8 heteroatoms. The number of piperidine rings is 1. The Morgan fingerprint density at radius 1 is 1.28 bits per heavy atom. The minimum atomic E-state index is -3.71. The lowest BCUT2D eigenvalue weighted by Gasteiger charge is -2.28. The van der Waals surface area contributed by atoms with Gasteiger partial charge in [-0.3, -0.25) is 0 Å². The fourth-order valence-electron chi connectivity index (χ4n) is 2.15. The van der Waals surface area contributed by atoms with Gasteiger partial charge in [0.2, 0.25) is 10.0 Å². The summed E-state index contributed by atoms with van der Waals surface area (Å²) < 4.78 is 47.5. The fourth-order valence-corrected chi connectivity index (χ4v) is 5.74. The molecule has 6 nitrogen and oxygen atoms in total. The van der Waals surface area contributed by atoms with E-state index in [1.165, 1.54) is 4.31 Å². The summed E-state index contributed by atoms with van der Waals surface area (Å²) in [5.74, 6) is 0.271. The molecule has 0 aromatic rings. The average molecular weight is 298 g/mol. The highest BCUT2D eigenvalue weighted by Crippen LogP contribution is 2.15. The van der Waals surface area contributed by atoms with Crippen LogP contribution in [0.4, 0.5) is 0 Å². The second-order valence-corrected chi connectivity index (χ2v) is 9.29. The van der Waals surface area contributed by atoms with E-state index in [0.29, 0.717) is 13.1 Å². The van der Waals surface area contributed by atoms with E-state index < -0.39 is 24.9 Å². The van der Waals surface area contributed by atoms with Gasteiger partial charge in [0.25, 0.3) is 0 Å². The van der Waals surface area contributed by atoms with E-state index in [0.717, 1.165) is 32.2 Å². The smallest absolute Gasteiger partial charge is 0.228 e. The third kappa shape index (κ3) is 5.21. The van der Waals surface area contributed by atoms with E-state index in [1.807, 2.05) is 0 Å². The Morgan fingerprint density at radius 3 is 2.39 bits per heavy atom. The molecule has 1 unspecified atom stereocenters. The number of sulfonamides is 1. The van der Waals surface area contributed by atoms with E-state index >= 15 is 0 Å². The van der Waals surface area contributed by atoms with Crippen LogP contribution < -0.4 is 5.32 Å². The predicted molar refractivity (Wildman–Crippen MR) is 71.5 cm³/mol. The molecule has 0 radical (unpaired) electrons. The van der Waals surface area contributed by atoms with Crippen molar-refractivity contribution in [1.29, 1.82) is 0 Å². The van der Waals surface area contributed by atoms with Crippen LogP contribution in [0.3, 0.4) is 0 Å². The molecule has 1 fully saturated rings. The van der Waals surface area contributed by atoms with Crippen molar-refractivity contribution in [1.82, 2.24) is 9.62 Å². The molecule has 0 aromatic heterocycles. The van der Waals surface area contributed by atoms with Gasteiger partial charge in [-0.2, -0.15) is 0 Å². The van der Waals surface area contributed by atoms with Crippen LogP contribution in [-0.4, -0.2) is 58.7 Å². The van der Waals surface area contributed by atoms with Crippen molar-refractivity contribution in [2.75, 3.05) is 37.5 Å². The van der Waals surface area contributed by atoms with E-state index in [-0.39, 0.29) is 5.92 Å². The van der Waals surface area contributed by atoms with Crippen LogP contribution in [0.1, 0.15) is 19.8 Å². The van der Waals surface area contributed by atoms with Crippen molar-refractivity contribution in [2.45, 2.75) is 19.8 Å². The summed E-state index contributed by atoms with van der Waals surface area (Å²) in [6, 6.07) is 0. The first-order valence-electron chi connectivity index (χ1n) is 6.11. The van der Waals surface area contributed by atoms with Gasteiger partial charge in [-0.05, 0) is 31.8 Å². The minimum Gasteiger partial charge on any atom is -0.316 e. The maximum Gasteiger partial charge on any atom is 0.228 e. The molecule has 0 saturated carbocycles. The van der Waals surface area contributed by atoms with Crippen molar-refractivity contribution in [2.24, 2.45) is 5.92 Å². The zero-order valence-corrected chi connectivity index (χ0v) is 12.6. The molecule has 18 heavy (non-hydrogen) atoms. The molecule has 1 aliphatic heterocycles. The number of nitrogens with one attached hydrogen (secondary N) is 1. The SMILES string of the molecule is CCN(CC1CCCNC1)S(=O)(=O)CS(C)(=O)=O. The standard InChI is InChI=1S/C10H22N2O4S2/c1-3-12(8-10-5-4-6-11-7-10)18(15,16)9-17(2,13)14/h10-11H,3-9H2,1-2H3. The highest BCUT2D eigenvalue weighted by atomic mass is 32.3. The molecule has 0 bridgehead atoms. The van der Waals surface area contributed by atoms with Crippen molar-refractivity contribution >= 4 is 19.9 Å². The molecule has 108 valence electrons. The summed E-state index contributed by atoms with van der Waals surface area (Å²) in [6.45, 7) is 4.22. The molecule has 0 spiro atoms. The van der Waals surface area contributed by atoms with Crippen molar-refractivity contribution in [3.8, 4) is 0 Å². The molecule has 1 aliphatic rings. The summed E-state index contributed by atoms with van der Waals surface area (Å²) in [7, 11) is -7.23. The molecule has 1 atom stereocenters. The minimum absolute atomic E-state index is 0.271. The topological polar surface area (TPSA) is 83.6 Å². The van der Waals surface area contributed by atoms with Crippen LogP contribution in [0.2, 0.25) is 0 Å². The summed E-state index contributed by atoms with van der Waals surface area (Å²) in [4.78, 5) is 0. The number of sulfone groups is 1. The maximum atomic E-state index is 12.0. The van der Waals surface area contributed by atoms with Crippen molar-refractivity contribution < 1.29 is 16.8 Å². The molecule has 0 aliphatic carbocycles. The van der Waals surface area contributed by atoms with Gasteiger partial charge in [-0.1, -0.05) is 6.92 Å². The molecule has 0 aromatic carbocycles. The van der Waals surface area contributed by atoms with Gasteiger partial charge in [-0.25, -0.2) is 21.1 Å². The number of hydrogen-bond acceptors (Lipinski definition) is 5. The van der Waals surface area contributed by atoms with E-state index in [9.17, 15) is 16.8 Å². The largest absolute Gasteiger partial charge is 0.316 e. The van der Waals surface area contributed by atoms with Crippen molar-refractivity contribution in [3.63, 3.8) is 0 Å². The molecule has 0 amide bonds. The second-order valence-electron chi connectivity index (χ2n) is 4.82. The molecular weight excluding hydrogens is 276 g/mol. The van der Waals surface area contributed by atoms with Crippen LogP contribution in [-0.2, 0) is 19.9 Å². The Bertz CT molecular complexity index is 452. The van der Waals surface area contributed by atoms with Gasteiger partial charge in [0.1, 0.15) is 0 Å². The number of rotatable bonds is 6. The molecule has 1 heterocycles. The molecule has 1 saturated heterocycles. The molecular formula is C10H22N2O4S2. The van der Waals surface area contributed by atoms with Gasteiger partial charge >= 0.3 is 0 Å². The van der Waals surface area contributed by atoms with Gasteiger partial charge in [-0.15, -0.1) is 0 Å². The second kappa shape index (κ2) is 6.31. The van der Waals surface area contributed by atoms with Gasteiger partial charge in [0, 0.05) is 19.3 Å². The molecule has 1 N–H and O–H groups in total. The van der Waals surface area contributed by atoms with Gasteiger partial charge in [0.05, 0.1) is 0 Å². The highest BCUT2D eigenvalue weighted by molar-refractivity contribution is 8.06. The lowest BCUT2D eigenvalue weighted by molar-refractivity contribution is 0.298. The number of nitrogens with zero attached hydrogens (tertiary/aromatic N) is 1. The Hall–Kier alpha value is -0.180. The lowest BCUT2D eigenvalue weighted by Crippen LogP contribution is -2.42. The first-order valence-corrected chi connectivity index (χ1v) is 9.78. The highest BCUT2D eigenvalue weighted by Gasteiger charge is 2.28. The summed E-state index contributed by atoms with van der Waals surface area (Å²) in [6.07, 6.45) is 2.97. The van der Waals surface area contributed by atoms with E-state index in [4.69, 9.17) is 0 Å². The first-order chi connectivity index (χ1) is 8.24. The quantitative estimate of drug-likeness (QED) is 0.724. The lowest BCUT2D eigenvalue weighted by atomic mass is 10.00. The zero-order chi connectivity index (χ0) is 13.8. The Morgan fingerprint density at radius 2 is 1.94 bits per heavy atom. The van der Waals surface area contributed by atoms with Gasteiger partial charge in [0.15, 0.2) is 14.9 Å². The zero-order valence-electron chi connectivity index (χ0n) is 10.9. The fraction of sp³-hybridized carbons (Fsp3) is 1.00. The third-order valence-electron chi connectivity index (χ3n) is 2.97. The molecule has 1 rings (SSSR count). The monoisotopic (exact) mass is 298 g/mol. The Kier molecular flexibility index (Phi) is 5.57. The number of hydrogen-bond donors (Lipinski definition) is 1. The van der Waals surface area contributed by atoms with Crippen LogP contribution in [0.15, 0.2) is 0 Å². The Balaban J connectivity index is 2.69. The van der Waals surface area contributed by atoms with Crippen LogP contribution in [0.25, 0.3) is 0 Å². The summed E-state index contributed by atoms with van der Waals surface area (Å²) in [5.41, 5.74) is 0. The van der Waals surface area contributed by atoms with E-state index in [2.05, 4.69) is 5.32 Å². The van der Waals surface area contributed by atoms with Crippen LogP contribution in [0, 0.1) is 5.92 Å². The van der Waals surface area contributed by atoms with Crippen LogP contribution >= 0.6 is 0 Å². The average Bonchev–Trinajstić information content (AvgIpc) is 2.23. The third-order valence-corrected chi connectivity index (χ3v) is 7.07. The Labute approximate surface area is 110 Å². The first kappa shape index (κ1) is 15.9. The van der Waals surface area contributed by atoms with Crippen LogP contribution in [0.5, 0.6) is 0 Å². The summed E-state index contributed by atoms with van der Waals surface area (Å²) >= 11 is 0. The summed E-state index contributed by atoms with van der Waals surface area (Å²) in [5, 5.41) is 2.43.